The smallest absolute Gasteiger partial charge is 0.132 e. The van der Waals surface area contributed by atoms with E-state index in [0.29, 0.717) is 27.8 Å². The Kier molecular flexibility index (Phi) is 12.9. The van der Waals surface area contributed by atoms with E-state index in [9.17, 15) is 22.0 Å². The van der Waals surface area contributed by atoms with Crippen molar-refractivity contribution < 1.29 is 22.0 Å². The highest BCUT2D eigenvalue weighted by atomic mass is 19.1. The van der Waals surface area contributed by atoms with Crippen LogP contribution in [0.5, 0.6) is 0 Å². The normalized spacial score (nSPS) is 9.84. The van der Waals surface area contributed by atoms with Crippen molar-refractivity contribution in [3.8, 4) is 0 Å². The van der Waals surface area contributed by atoms with Crippen molar-refractivity contribution >= 4 is 0 Å². The third kappa shape index (κ3) is 10.5. The minimum atomic E-state index is -0.467. The molecule has 4 rings (SSSR count). The summed E-state index contributed by atoms with van der Waals surface area (Å²) in [6, 6.07) is 17.5. The van der Waals surface area contributed by atoms with Gasteiger partial charge in [-0.15, -0.1) is 0 Å². The highest BCUT2D eigenvalue weighted by molar-refractivity contribution is 5.32. The second-order valence-electron chi connectivity index (χ2n) is 9.50. The molecule has 0 unspecified atom stereocenters. The van der Waals surface area contributed by atoms with Crippen molar-refractivity contribution in [1.29, 1.82) is 0 Å². The number of rotatable bonds is 0. The molecule has 5 heteroatoms. The highest BCUT2D eigenvalue weighted by Crippen LogP contribution is 2.18. The third-order valence-corrected chi connectivity index (χ3v) is 5.94. The molecule has 4 aromatic carbocycles. The first kappa shape index (κ1) is 32.6. The Morgan fingerprint density at radius 1 is 0.342 bits per heavy atom. The van der Waals surface area contributed by atoms with E-state index < -0.39 is 11.6 Å². The molecule has 0 saturated carbocycles. The Labute approximate surface area is 224 Å². The molecule has 0 amide bonds. The SMILES string of the molecule is Cc1cc(F)c(C)c(F)c1C.Cc1cc(F)c(C)cc1F.Cc1ccc(C)c(F)c1.Cc1ccc(C)cc1. The van der Waals surface area contributed by atoms with E-state index in [-0.39, 0.29) is 23.0 Å². The molecule has 0 bridgehead atoms. The maximum atomic E-state index is 13.0. The van der Waals surface area contributed by atoms with Crippen LogP contribution in [-0.2, 0) is 0 Å². The maximum Gasteiger partial charge on any atom is 0.132 e. The average Bonchev–Trinajstić information content (AvgIpc) is 2.86. The topological polar surface area (TPSA) is 0 Å². The lowest BCUT2D eigenvalue weighted by molar-refractivity contribution is 0.560. The molecule has 38 heavy (non-hydrogen) atoms. The molecule has 0 nitrogen and oxygen atoms in total. The first-order valence-electron chi connectivity index (χ1n) is 12.2. The van der Waals surface area contributed by atoms with Crippen molar-refractivity contribution in [1.82, 2.24) is 0 Å². The second-order valence-corrected chi connectivity index (χ2v) is 9.50. The molecule has 0 fully saturated rings. The summed E-state index contributed by atoms with van der Waals surface area (Å²) in [4.78, 5) is 0. The Balaban J connectivity index is 0.000000255. The number of aryl methyl sites for hydroxylation is 7. The lowest BCUT2D eigenvalue weighted by atomic mass is 10.1. The van der Waals surface area contributed by atoms with Crippen molar-refractivity contribution in [2.45, 2.75) is 62.3 Å². The average molecular weight is 529 g/mol. The van der Waals surface area contributed by atoms with Gasteiger partial charge in [0.1, 0.15) is 29.1 Å². The number of halogens is 5. The summed E-state index contributed by atoms with van der Waals surface area (Å²) in [5, 5.41) is 0. The molecule has 0 aliphatic carbocycles. The zero-order valence-electron chi connectivity index (χ0n) is 23.7. The van der Waals surface area contributed by atoms with Crippen LogP contribution in [-0.4, -0.2) is 0 Å². The first-order valence-corrected chi connectivity index (χ1v) is 12.2. The predicted octanol–water partition coefficient (Wildman–Crippen LogP) is 10.2. The van der Waals surface area contributed by atoms with Gasteiger partial charge >= 0.3 is 0 Å². The van der Waals surface area contributed by atoms with E-state index in [2.05, 4.69) is 38.1 Å². The lowest BCUT2D eigenvalue weighted by Crippen LogP contribution is -1.95. The monoisotopic (exact) mass is 528 g/mol. The van der Waals surface area contributed by atoms with Crippen LogP contribution in [0.1, 0.15) is 50.1 Å². The Morgan fingerprint density at radius 2 is 0.711 bits per heavy atom. The van der Waals surface area contributed by atoms with Gasteiger partial charge in [-0.25, -0.2) is 22.0 Å². The van der Waals surface area contributed by atoms with E-state index >= 15 is 0 Å². The van der Waals surface area contributed by atoms with E-state index in [1.54, 1.807) is 26.8 Å². The molecule has 204 valence electrons. The minimum Gasteiger partial charge on any atom is -0.207 e. The summed E-state index contributed by atoms with van der Waals surface area (Å²) in [6.07, 6.45) is 0. The molecular formula is C33H37F5. The molecule has 0 radical (unpaired) electrons. The summed E-state index contributed by atoms with van der Waals surface area (Å²) >= 11 is 0. The minimum absolute atomic E-state index is 0.105. The second kappa shape index (κ2) is 15.1. The van der Waals surface area contributed by atoms with Gasteiger partial charge in [0, 0.05) is 5.56 Å². The van der Waals surface area contributed by atoms with Gasteiger partial charge in [-0.1, -0.05) is 47.5 Å². The fourth-order valence-electron chi connectivity index (χ4n) is 3.05. The van der Waals surface area contributed by atoms with Gasteiger partial charge in [0.25, 0.3) is 0 Å². The third-order valence-electron chi connectivity index (χ3n) is 5.94. The summed E-state index contributed by atoms with van der Waals surface area (Å²) in [5.74, 6) is -1.71. The Bertz CT molecular complexity index is 1240. The van der Waals surface area contributed by atoms with E-state index in [0.717, 1.165) is 5.56 Å². The van der Waals surface area contributed by atoms with Gasteiger partial charge < -0.3 is 0 Å². The summed E-state index contributed by atoms with van der Waals surface area (Å²) < 4.78 is 63.6. The molecule has 0 saturated heterocycles. The molecule has 0 aliphatic heterocycles. The fourth-order valence-corrected chi connectivity index (χ4v) is 3.05. The Morgan fingerprint density at radius 3 is 1.11 bits per heavy atom. The molecule has 0 N–H and O–H groups in total. The van der Waals surface area contributed by atoms with E-state index in [4.69, 9.17) is 0 Å². The summed E-state index contributed by atoms with van der Waals surface area (Å²) in [7, 11) is 0. The van der Waals surface area contributed by atoms with Crippen LogP contribution in [0.15, 0.2) is 60.7 Å². The van der Waals surface area contributed by atoms with Crippen molar-refractivity contribution in [2.24, 2.45) is 0 Å². The van der Waals surface area contributed by atoms with Gasteiger partial charge in [-0.2, -0.15) is 0 Å². The van der Waals surface area contributed by atoms with Crippen LogP contribution < -0.4 is 0 Å². The standard InChI is InChI=1S/C9H10F2.C8H8F2.C8H9F.C8H10/c1-5-4-8(10)7(3)9(11)6(5)2;1-5-3-8(10)6(2)4-7(5)9;1-6-3-4-7(2)8(9)5-6;1-7-3-5-8(2)6-4-7/h4H,1-3H3;3-4H,1-2H3;3-5H,1-2H3;3-6H,1-2H3. The van der Waals surface area contributed by atoms with Crippen molar-refractivity contribution in [3.05, 3.63) is 140 Å². The van der Waals surface area contributed by atoms with E-state index in [1.807, 2.05) is 13.0 Å². The van der Waals surface area contributed by atoms with Crippen molar-refractivity contribution in [2.75, 3.05) is 0 Å². The largest absolute Gasteiger partial charge is 0.207 e. The van der Waals surface area contributed by atoms with Crippen molar-refractivity contribution in [3.63, 3.8) is 0 Å². The van der Waals surface area contributed by atoms with Gasteiger partial charge in [0.15, 0.2) is 0 Å². The quantitative estimate of drug-likeness (QED) is 0.199. The zero-order chi connectivity index (χ0) is 29.2. The van der Waals surface area contributed by atoms with Gasteiger partial charge in [-0.05, 0) is 120 Å². The fraction of sp³-hybridized carbons (Fsp3) is 0.273. The molecule has 0 spiro atoms. The van der Waals surface area contributed by atoms with Crippen LogP contribution in [0.4, 0.5) is 22.0 Å². The van der Waals surface area contributed by atoms with E-state index in [1.165, 1.54) is 56.2 Å². The lowest BCUT2D eigenvalue weighted by Gasteiger charge is -2.04. The molecule has 0 aromatic heterocycles. The molecule has 0 atom stereocenters. The van der Waals surface area contributed by atoms with Gasteiger partial charge in [0.05, 0.1) is 0 Å². The predicted molar refractivity (Wildman–Crippen MR) is 148 cm³/mol. The maximum absolute atomic E-state index is 13.0. The summed E-state index contributed by atoms with van der Waals surface area (Å²) in [5.41, 5.74) is 6.33. The van der Waals surface area contributed by atoms with Crippen LogP contribution in [0.25, 0.3) is 0 Å². The Hall–Kier alpha value is -3.47. The molecule has 0 aliphatic rings. The summed E-state index contributed by atoms with van der Waals surface area (Å²) in [6.45, 7) is 15.7. The van der Waals surface area contributed by atoms with Gasteiger partial charge in [-0.3, -0.25) is 0 Å². The molecule has 4 aromatic rings. The number of hydrogen-bond acceptors (Lipinski definition) is 0. The molecular weight excluding hydrogens is 491 g/mol. The van der Waals surface area contributed by atoms with Crippen LogP contribution >= 0.6 is 0 Å². The highest BCUT2D eigenvalue weighted by Gasteiger charge is 2.08. The molecule has 0 heterocycles. The first-order chi connectivity index (χ1) is 17.6. The van der Waals surface area contributed by atoms with Crippen LogP contribution in [0.3, 0.4) is 0 Å². The van der Waals surface area contributed by atoms with Crippen LogP contribution in [0.2, 0.25) is 0 Å². The number of hydrogen-bond donors (Lipinski definition) is 0. The number of benzene rings is 4. The zero-order valence-corrected chi connectivity index (χ0v) is 23.7. The van der Waals surface area contributed by atoms with Crippen LogP contribution in [0, 0.1) is 91.4 Å². The van der Waals surface area contributed by atoms with Gasteiger partial charge in [0.2, 0.25) is 0 Å².